The van der Waals surface area contributed by atoms with Crippen molar-refractivity contribution in [2.75, 3.05) is 32.2 Å². The number of benzene rings is 3. The van der Waals surface area contributed by atoms with Crippen LogP contribution in [0.1, 0.15) is 49.7 Å². The summed E-state index contributed by atoms with van der Waals surface area (Å²) in [7, 11) is 2.98. The molecule has 8 rings (SSSR count). The Morgan fingerprint density at radius 1 is 0.824 bits per heavy atom. The first-order valence-corrected chi connectivity index (χ1v) is 17.9. The molecule has 3 aliphatic heterocycles. The zero-order valence-corrected chi connectivity index (χ0v) is 29.2. The zero-order chi connectivity index (χ0) is 35.6. The normalized spacial score (nSPS) is 29.5. The van der Waals surface area contributed by atoms with Gasteiger partial charge in [0, 0.05) is 49.3 Å². The molecule has 51 heavy (non-hydrogen) atoms. The Kier molecular flexibility index (Phi) is 8.25. The van der Waals surface area contributed by atoms with Gasteiger partial charge < -0.3 is 14.6 Å². The molecule has 2 aliphatic carbocycles. The first kappa shape index (κ1) is 33.2. The maximum Gasteiger partial charge on any atom is 0.241 e. The number of nitrogens with zero attached hydrogens (tertiary/aromatic N) is 3. The summed E-state index contributed by atoms with van der Waals surface area (Å²) in [4.78, 5) is 63.3. The van der Waals surface area contributed by atoms with Crippen LogP contribution in [0.25, 0.3) is 0 Å². The number of allylic oxidation sites excluding steroid dienone is 2. The molecule has 0 radical (unpaired) electrons. The average Bonchev–Trinajstić information content (AvgIpc) is 3.52. The molecule has 0 spiro atoms. The van der Waals surface area contributed by atoms with Crippen molar-refractivity contribution in [3.63, 3.8) is 0 Å². The molecule has 10 heteroatoms. The van der Waals surface area contributed by atoms with Gasteiger partial charge in [0.05, 0.1) is 43.1 Å². The molecule has 0 bridgehead atoms. The summed E-state index contributed by atoms with van der Waals surface area (Å²) in [6.07, 6.45) is 4.07. The highest BCUT2D eigenvalue weighted by molar-refractivity contribution is 6.24. The van der Waals surface area contributed by atoms with Crippen molar-refractivity contribution in [2.45, 2.75) is 51.1 Å². The van der Waals surface area contributed by atoms with Crippen LogP contribution < -0.4 is 14.4 Å². The van der Waals surface area contributed by atoms with Gasteiger partial charge in [-0.15, -0.1) is 0 Å². The van der Waals surface area contributed by atoms with Gasteiger partial charge in [0.25, 0.3) is 0 Å². The maximum absolute atomic E-state index is 14.8. The third-order valence-corrected chi connectivity index (χ3v) is 12.3. The SMILES string of the molecule is COc1cc(O)cc(OC)c1C1C2=CCC3C(=O)N(C4CCN(Cc5ccccc5)CC4)C(=O)C3C2CC2C(=O)N(c3ccccc3)C(=O)C21C. The predicted molar refractivity (Wildman–Crippen MR) is 189 cm³/mol. The van der Waals surface area contributed by atoms with Crippen molar-refractivity contribution >= 4 is 29.3 Å². The molecule has 4 amide bonds. The Morgan fingerprint density at radius 3 is 2.08 bits per heavy atom. The van der Waals surface area contributed by atoms with Crippen molar-refractivity contribution in [3.05, 3.63) is 95.6 Å². The number of likely N-dealkylation sites (tertiary alicyclic amines) is 2. The van der Waals surface area contributed by atoms with Crippen LogP contribution in [0, 0.1) is 29.1 Å². The number of hydrogen-bond donors (Lipinski definition) is 1. The summed E-state index contributed by atoms with van der Waals surface area (Å²) in [6.45, 7) is 4.23. The molecule has 3 heterocycles. The number of carbonyl (C=O) groups is 4. The van der Waals surface area contributed by atoms with Gasteiger partial charge in [-0.1, -0.05) is 60.2 Å². The molecule has 1 N–H and O–H groups in total. The number of anilines is 1. The number of hydrogen-bond acceptors (Lipinski definition) is 8. The van der Waals surface area contributed by atoms with E-state index in [9.17, 15) is 24.3 Å². The van der Waals surface area contributed by atoms with Gasteiger partial charge in [-0.2, -0.15) is 0 Å². The molecule has 0 aromatic heterocycles. The number of phenolic OH excluding ortho intramolecular Hbond substituents is 1. The lowest BCUT2D eigenvalue weighted by molar-refractivity contribution is -0.144. The third kappa shape index (κ3) is 5.09. The minimum absolute atomic E-state index is 0.0686. The number of piperidine rings is 1. The Morgan fingerprint density at radius 2 is 1.45 bits per heavy atom. The first-order valence-electron chi connectivity index (χ1n) is 17.9. The van der Waals surface area contributed by atoms with Gasteiger partial charge in [-0.3, -0.25) is 29.0 Å². The van der Waals surface area contributed by atoms with Crippen LogP contribution in [0.15, 0.2) is 84.4 Å². The van der Waals surface area contributed by atoms with Gasteiger partial charge in [0.1, 0.15) is 17.2 Å². The molecule has 264 valence electrons. The maximum atomic E-state index is 14.8. The summed E-state index contributed by atoms with van der Waals surface area (Å²) < 4.78 is 11.7. The number of phenols is 1. The van der Waals surface area contributed by atoms with Crippen molar-refractivity contribution in [1.29, 1.82) is 0 Å². The summed E-state index contributed by atoms with van der Waals surface area (Å²) in [6, 6.07) is 22.0. The lowest BCUT2D eigenvalue weighted by atomic mass is 9.51. The summed E-state index contributed by atoms with van der Waals surface area (Å²) in [5.41, 5.74) is 1.83. The zero-order valence-electron chi connectivity index (χ0n) is 29.2. The predicted octanol–water partition coefficient (Wildman–Crippen LogP) is 5.30. The third-order valence-electron chi connectivity index (χ3n) is 12.3. The fourth-order valence-electron chi connectivity index (χ4n) is 9.92. The van der Waals surface area contributed by atoms with E-state index in [0.717, 1.165) is 25.2 Å². The highest BCUT2D eigenvalue weighted by Gasteiger charge is 2.68. The molecular formula is C41H43N3O7. The van der Waals surface area contributed by atoms with Crippen molar-refractivity contribution < 1.29 is 33.8 Å². The Balaban J connectivity index is 1.17. The summed E-state index contributed by atoms with van der Waals surface area (Å²) in [5.74, 6) is -3.54. The van der Waals surface area contributed by atoms with E-state index in [1.165, 1.54) is 36.8 Å². The molecular weight excluding hydrogens is 646 g/mol. The molecule has 3 aromatic rings. The highest BCUT2D eigenvalue weighted by Crippen LogP contribution is 2.65. The molecule has 6 atom stereocenters. The molecule has 1 saturated carbocycles. The van der Waals surface area contributed by atoms with Crippen molar-refractivity contribution in [3.8, 4) is 17.2 Å². The Hall–Kier alpha value is -4.96. The number of fused-ring (bicyclic) bond motifs is 4. The molecule has 10 nitrogen and oxygen atoms in total. The molecule has 6 unspecified atom stereocenters. The largest absolute Gasteiger partial charge is 0.508 e. The van der Waals surface area contributed by atoms with E-state index in [-0.39, 0.29) is 41.8 Å². The number of ether oxygens (including phenoxy) is 2. The van der Waals surface area contributed by atoms with E-state index in [2.05, 4.69) is 17.0 Å². The standard InChI is InChI=1S/C41H43N3O7/c1-41-31(38(47)44(40(41)49)25-12-8-5-9-13-25)22-30-28(36(41)35-32(50-2)20-27(45)21-33(35)51-3)14-15-29-34(30)39(48)43(37(29)46)26-16-18-42(19-17-26)23-24-10-6-4-7-11-24/h4-14,20-21,26,29-31,34,36,45H,15-19,22-23H2,1-3H3. The number of aromatic hydroxyl groups is 1. The van der Waals surface area contributed by atoms with Gasteiger partial charge in [0.15, 0.2) is 0 Å². The van der Waals surface area contributed by atoms with E-state index in [1.54, 1.807) is 29.2 Å². The number of methoxy groups -OCH3 is 2. The van der Waals surface area contributed by atoms with Crippen LogP contribution in [-0.4, -0.2) is 71.9 Å². The quantitative estimate of drug-likeness (QED) is 0.263. The number of para-hydroxylation sites is 1. The minimum atomic E-state index is -1.27. The number of carbonyl (C=O) groups excluding carboxylic acids is 4. The van der Waals surface area contributed by atoms with Crippen LogP contribution in [0.5, 0.6) is 17.2 Å². The number of rotatable bonds is 7. The van der Waals surface area contributed by atoms with E-state index < -0.39 is 35.0 Å². The van der Waals surface area contributed by atoms with Gasteiger partial charge in [0.2, 0.25) is 23.6 Å². The lowest BCUT2D eigenvalue weighted by Gasteiger charge is -2.49. The molecule has 3 aromatic carbocycles. The number of amides is 4. The van der Waals surface area contributed by atoms with Gasteiger partial charge in [-0.05, 0) is 56.2 Å². The van der Waals surface area contributed by atoms with Crippen LogP contribution >= 0.6 is 0 Å². The summed E-state index contributed by atoms with van der Waals surface area (Å²) in [5, 5.41) is 10.6. The smallest absolute Gasteiger partial charge is 0.241 e. The Bertz CT molecular complexity index is 1900. The second-order valence-corrected chi connectivity index (χ2v) is 14.8. The van der Waals surface area contributed by atoms with E-state index in [0.29, 0.717) is 42.0 Å². The van der Waals surface area contributed by atoms with E-state index in [1.807, 2.05) is 37.3 Å². The lowest BCUT2D eigenvalue weighted by Crippen LogP contribution is -2.49. The fourth-order valence-corrected chi connectivity index (χ4v) is 9.92. The van der Waals surface area contributed by atoms with Gasteiger partial charge in [-0.25, -0.2) is 4.90 Å². The van der Waals surface area contributed by atoms with Gasteiger partial charge >= 0.3 is 0 Å². The first-order chi connectivity index (χ1) is 24.7. The number of imide groups is 2. The topological polar surface area (TPSA) is 117 Å². The summed E-state index contributed by atoms with van der Waals surface area (Å²) >= 11 is 0. The van der Waals surface area contributed by atoms with Crippen LogP contribution in [0.4, 0.5) is 5.69 Å². The molecule has 3 saturated heterocycles. The molecule has 4 fully saturated rings. The van der Waals surface area contributed by atoms with Crippen LogP contribution in [0.2, 0.25) is 0 Å². The minimum Gasteiger partial charge on any atom is -0.508 e. The van der Waals surface area contributed by atoms with Crippen molar-refractivity contribution in [2.24, 2.45) is 29.1 Å². The second-order valence-electron chi connectivity index (χ2n) is 14.8. The second kappa shape index (κ2) is 12.7. The fraction of sp³-hybridized carbons (Fsp3) is 0.415. The highest BCUT2D eigenvalue weighted by atomic mass is 16.5. The van der Waals surface area contributed by atoms with Crippen molar-refractivity contribution in [1.82, 2.24) is 9.80 Å². The van der Waals surface area contributed by atoms with Crippen LogP contribution in [0.3, 0.4) is 0 Å². The monoisotopic (exact) mass is 689 g/mol. The van der Waals surface area contributed by atoms with E-state index in [4.69, 9.17) is 9.47 Å². The van der Waals surface area contributed by atoms with E-state index >= 15 is 0 Å². The molecule has 5 aliphatic rings. The van der Waals surface area contributed by atoms with Crippen LogP contribution in [-0.2, 0) is 25.7 Å². The average molecular weight is 690 g/mol. The Labute approximate surface area is 297 Å².